The van der Waals surface area contributed by atoms with E-state index in [2.05, 4.69) is 9.97 Å². The molecule has 0 unspecified atom stereocenters. The van der Waals surface area contributed by atoms with Crippen LogP contribution in [0, 0.1) is 4.64 Å². The molecule has 0 bridgehead atoms. The second-order valence-corrected chi connectivity index (χ2v) is 5.20. The number of aromatic nitrogens is 2. The SMILES string of the molecule is COCc1cc(=S)nc(C2(OC)CCCCC2)[nH]1. The van der Waals surface area contributed by atoms with Crippen LogP contribution >= 0.6 is 12.2 Å². The van der Waals surface area contributed by atoms with Gasteiger partial charge in [0, 0.05) is 19.9 Å². The normalized spacial score (nSPS) is 18.8. The van der Waals surface area contributed by atoms with Crippen molar-refractivity contribution in [3.63, 3.8) is 0 Å². The summed E-state index contributed by atoms with van der Waals surface area (Å²) in [7, 11) is 3.43. The lowest BCUT2D eigenvalue weighted by atomic mass is 9.84. The van der Waals surface area contributed by atoms with E-state index in [4.69, 9.17) is 21.7 Å². The highest BCUT2D eigenvalue weighted by atomic mass is 32.1. The third-order valence-corrected chi connectivity index (χ3v) is 3.79. The number of methoxy groups -OCH3 is 2. The molecule has 0 saturated heterocycles. The van der Waals surface area contributed by atoms with Gasteiger partial charge in [0.1, 0.15) is 16.1 Å². The highest BCUT2D eigenvalue weighted by Crippen LogP contribution is 2.38. The summed E-state index contributed by atoms with van der Waals surface area (Å²) in [6.45, 7) is 0.513. The van der Waals surface area contributed by atoms with Gasteiger partial charge in [-0.05, 0) is 18.9 Å². The summed E-state index contributed by atoms with van der Waals surface area (Å²) in [6.07, 6.45) is 5.61. The number of nitrogens with zero attached hydrogens (tertiary/aromatic N) is 1. The fourth-order valence-electron chi connectivity index (χ4n) is 2.62. The maximum absolute atomic E-state index is 5.77. The first-order valence-corrected chi connectivity index (χ1v) is 6.76. The summed E-state index contributed by atoms with van der Waals surface area (Å²) < 4.78 is 11.5. The largest absolute Gasteiger partial charge is 0.378 e. The quantitative estimate of drug-likeness (QED) is 0.852. The Labute approximate surface area is 113 Å². The fourth-order valence-corrected chi connectivity index (χ4v) is 2.85. The van der Waals surface area contributed by atoms with Crippen LogP contribution in [0.2, 0.25) is 0 Å². The Balaban J connectivity index is 2.38. The number of hydrogen-bond acceptors (Lipinski definition) is 4. The maximum Gasteiger partial charge on any atom is 0.140 e. The Bertz CT molecular complexity index is 453. The predicted molar refractivity (Wildman–Crippen MR) is 71.9 cm³/mol. The van der Waals surface area contributed by atoms with E-state index in [9.17, 15) is 0 Å². The van der Waals surface area contributed by atoms with Crippen molar-refractivity contribution < 1.29 is 9.47 Å². The number of rotatable bonds is 4. The third kappa shape index (κ3) is 2.79. The van der Waals surface area contributed by atoms with E-state index < -0.39 is 0 Å². The van der Waals surface area contributed by atoms with E-state index in [1.54, 1.807) is 14.2 Å². The highest BCUT2D eigenvalue weighted by molar-refractivity contribution is 7.71. The lowest BCUT2D eigenvalue weighted by Gasteiger charge is -2.35. The summed E-state index contributed by atoms with van der Waals surface area (Å²) >= 11 is 5.23. The number of nitrogens with one attached hydrogen (secondary N) is 1. The molecule has 4 nitrogen and oxygen atoms in total. The van der Waals surface area contributed by atoms with Gasteiger partial charge in [0.25, 0.3) is 0 Å². The summed E-state index contributed by atoms with van der Waals surface area (Å²) in [5.41, 5.74) is 0.657. The molecule has 0 amide bonds. The molecule has 18 heavy (non-hydrogen) atoms. The molecule has 2 rings (SSSR count). The van der Waals surface area contributed by atoms with Crippen molar-refractivity contribution in [2.75, 3.05) is 14.2 Å². The zero-order valence-electron chi connectivity index (χ0n) is 11.0. The first kappa shape index (κ1) is 13.6. The minimum atomic E-state index is -0.296. The van der Waals surface area contributed by atoms with Gasteiger partial charge in [0.2, 0.25) is 0 Å². The van der Waals surface area contributed by atoms with Crippen molar-refractivity contribution in [3.05, 3.63) is 22.2 Å². The fraction of sp³-hybridized carbons (Fsp3) is 0.692. The lowest BCUT2D eigenvalue weighted by molar-refractivity contribution is -0.0518. The summed E-state index contributed by atoms with van der Waals surface area (Å²) in [5.74, 6) is 0.851. The number of H-pyrrole nitrogens is 1. The van der Waals surface area contributed by atoms with Crippen molar-refractivity contribution >= 4 is 12.2 Å². The molecular weight excluding hydrogens is 248 g/mol. The van der Waals surface area contributed by atoms with Crippen molar-refractivity contribution in [1.29, 1.82) is 0 Å². The Hall–Kier alpha value is -0.780. The van der Waals surface area contributed by atoms with Crippen molar-refractivity contribution in [3.8, 4) is 0 Å². The second kappa shape index (κ2) is 5.91. The van der Waals surface area contributed by atoms with Crippen LogP contribution in [0.5, 0.6) is 0 Å². The lowest BCUT2D eigenvalue weighted by Crippen LogP contribution is -2.33. The smallest absolute Gasteiger partial charge is 0.140 e. The predicted octanol–water partition coefficient (Wildman–Crippen LogP) is 3.09. The number of ether oxygens (including phenoxy) is 2. The Morgan fingerprint density at radius 1 is 1.33 bits per heavy atom. The molecule has 0 aromatic carbocycles. The molecule has 1 aliphatic rings. The molecule has 0 aliphatic heterocycles. The van der Waals surface area contributed by atoms with Crippen LogP contribution in [0.15, 0.2) is 6.07 Å². The van der Waals surface area contributed by atoms with Gasteiger partial charge in [-0.25, -0.2) is 4.98 Å². The van der Waals surface area contributed by atoms with Crippen LogP contribution in [-0.4, -0.2) is 24.2 Å². The maximum atomic E-state index is 5.77. The van der Waals surface area contributed by atoms with Crippen LogP contribution in [0.1, 0.15) is 43.6 Å². The summed E-state index contributed by atoms with van der Waals surface area (Å²) in [5, 5.41) is 0. The van der Waals surface area contributed by atoms with E-state index in [0.717, 1.165) is 24.4 Å². The van der Waals surface area contributed by atoms with Gasteiger partial charge in [-0.15, -0.1) is 0 Å². The Morgan fingerprint density at radius 3 is 2.67 bits per heavy atom. The van der Waals surface area contributed by atoms with Gasteiger partial charge >= 0.3 is 0 Å². The standard InChI is InChI=1S/C13H20N2O2S/c1-16-9-10-8-11(18)15-12(14-10)13(17-2)6-4-3-5-7-13/h8H,3-7,9H2,1-2H3,(H,14,15,18). The molecule has 5 heteroatoms. The van der Waals surface area contributed by atoms with Gasteiger partial charge in [-0.3, -0.25) is 0 Å². The first-order chi connectivity index (χ1) is 8.70. The van der Waals surface area contributed by atoms with Crippen LogP contribution in [-0.2, 0) is 21.7 Å². The molecule has 1 saturated carbocycles. The van der Waals surface area contributed by atoms with E-state index in [0.29, 0.717) is 11.2 Å². The highest BCUT2D eigenvalue weighted by Gasteiger charge is 2.36. The zero-order valence-corrected chi connectivity index (χ0v) is 11.8. The molecule has 100 valence electrons. The minimum Gasteiger partial charge on any atom is -0.378 e. The van der Waals surface area contributed by atoms with Crippen molar-refractivity contribution in [1.82, 2.24) is 9.97 Å². The molecule has 1 N–H and O–H groups in total. The molecule has 0 radical (unpaired) electrons. The van der Waals surface area contributed by atoms with Gasteiger partial charge in [-0.1, -0.05) is 31.5 Å². The van der Waals surface area contributed by atoms with Crippen molar-refractivity contribution in [2.24, 2.45) is 0 Å². The molecule has 1 aromatic rings. The van der Waals surface area contributed by atoms with E-state index in [1.165, 1.54) is 19.3 Å². The molecule has 1 heterocycles. The molecule has 0 spiro atoms. The van der Waals surface area contributed by atoms with Crippen LogP contribution in [0.4, 0.5) is 0 Å². The van der Waals surface area contributed by atoms with Gasteiger partial charge in [-0.2, -0.15) is 0 Å². The van der Waals surface area contributed by atoms with Gasteiger partial charge in [0.05, 0.1) is 6.61 Å². The van der Waals surface area contributed by atoms with Crippen LogP contribution in [0.25, 0.3) is 0 Å². The topological polar surface area (TPSA) is 47.1 Å². The van der Waals surface area contributed by atoms with Gasteiger partial charge in [0.15, 0.2) is 0 Å². The average Bonchev–Trinajstić information content (AvgIpc) is 2.39. The molecule has 1 aliphatic carbocycles. The average molecular weight is 268 g/mol. The summed E-state index contributed by atoms with van der Waals surface area (Å²) in [6, 6.07) is 1.84. The monoisotopic (exact) mass is 268 g/mol. The zero-order chi connectivity index (χ0) is 13.0. The van der Waals surface area contributed by atoms with Crippen LogP contribution < -0.4 is 0 Å². The summed E-state index contributed by atoms with van der Waals surface area (Å²) in [4.78, 5) is 7.78. The van der Waals surface area contributed by atoms with Crippen LogP contribution in [0.3, 0.4) is 0 Å². The molecule has 0 atom stereocenters. The number of aromatic amines is 1. The second-order valence-electron chi connectivity index (χ2n) is 4.79. The van der Waals surface area contributed by atoms with Crippen molar-refractivity contribution in [2.45, 2.75) is 44.3 Å². The molecule has 1 fully saturated rings. The molecule has 1 aromatic heterocycles. The minimum absolute atomic E-state index is 0.296. The first-order valence-electron chi connectivity index (χ1n) is 6.35. The Morgan fingerprint density at radius 2 is 2.06 bits per heavy atom. The van der Waals surface area contributed by atoms with Gasteiger partial charge < -0.3 is 14.5 Å². The third-order valence-electron chi connectivity index (χ3n) is 3.58. The number of hydrogen-bond donors (Lipinski definition) is 1. The van der Waals surface area contributed by atoms with E-state index in [1.807, 2.05) is 6.07 Å². The Kier molecular flexibility index (Phi) is 4.48. The van der Waals surface area contributed by atoms with E-state index >= 15 is 0 Å². The van der Waals surface area contributed by atoms with E-state index in [-0.39, 0.29) is 5.60 Å². The molecular formula is C13H20N2O2S.